The largest absolute Gasteiger partial charge is 0.477 e. The van der Waals surface area contributed by atoms with Crippen molar-refractivity contribution >= 4 is 40.5 Å². The number of anilines is 1. The van der Waals surface area contributed by atoms with Crippen LogP contribution in [0.25, 0.3) is 0 Å². The van der Waals surface area contributed by atoms with Gasteiger partial charge in [0.05, 0.1) is 15.0 Å². The molecule has 0 heterocycles. The molecule has 9 heteroatoms. The molecule has 0 aliphatic rings. The molecule has 0 spiro atoms. The number of nitro groups is 1. The molecule has 0 unspecified atom stereocenters. The maximum Gasteiger partial charge on any atom is 0.311 e. The minimum Gasteiger partial charge on any atom is -0.477 e. The molecule has 0 atom stereocenters. The Morgan fingerprint density at radius 1 is 1.22 bits per heavy atom. The van der Waals surface area contributed by atoms with Crippen LogP contribution in [0.5, 0.6) is 5.75 Å². The second-order valence-corrected chi connectivity index (χ2v) is 5.15. The number of halogens is 3. The zero-order valence-corrected chi connectivity index (χ0v) is 12.9. The summed E-state index contributed by atoms with van der Waals surface area (Å²) in [6, 6.07) is 7.19. The monoisotopic (exact) mass is 358 g/mol. The van der Waals surface area contributed by atoms with Crippen LogP contribution >= 0.6 is 23.2 Å². The highest BCUT2D eigenvalue weighted by atomic mass is 35.5. The van der Waals surface area contributed by atoms with Crippen molar-refractivity contribution in [3.8, 4) is 5.75 Å². The molecule has 0 fully saturated rings. The van der Waals surface area contributed by atoms with Crippen LogP contribution in [0.4, 0.5) is 15.8 Å². The predicted molar refractivity (Wildman–Crippen MR) is 83.6 cm³/mol. The van der Waals surface area contributed by atoms with Crippen LogP contribution in [0.1, 0.15) is 0 Å². The van der Waals surface area contributed by atoms with Crippen molar-refractivity contribution in [2.24, 2.45) is 0 Å². The molecule has 2 aromatic carbocycles. The van der Waals surface area contributed by atoms with Crippen LogP contribution in [-0.2, 0) is 4.79 Å². The molecule has 0 saturated carbocycles. The molecule has 23 heavy (non-hydrogen) atoms. The number of hydrogen-bond acceptors (Lipinski definition) is 4. The summed E-state index contributed by atoms with van der Waals surface area (Å²) in [7, 11) is 0. The summed E-state index contributed by atoms with van der Waals surface area (Å²) in [6.07, 6.45) is 0. The van der Waals surface area contributed by atoms with E-state index in [0.29, 0.717) is 10.7 Å². The van der Waals surface area contributed by atoms with Gasteiger partial charge < -0.3 is 10.1 Å². The van der Waals surface area contributed by atoms with Crippen molar-refractivity contribution < 1.29 is 18.8 Å². The molecule has 0 aliphatic carbocycles. The number of amides is 1. The fourth-order valence-corrected chi connectivity index (χ4v) is 1.97. The number of carbonyl (C=O) groups excluding carboxylic acids is 1. The smallest absolute Gasteiger partial charge is 0.311 e. The van der Waals surface area contributed by atoms with Gasteiger partial charge >= 0.3 is 5.69 Å². The molecule has 0 radical (unpaired) electrons. The third-order valence-electron chi connectivity index (χ3n) is 2.68. The lowest BCUT2D eigenvalue weighted by Crippen LogP contribution is -2.20. The lowest BCUT2D eigenvalue weighted by atomic mass is 10.3. The van der Waals surface area contributed by atoms with Gasteiger partial charge in [-0.15, -0.1) is 0 Å². The fraction of sp³-hybridized carbons (Fsp3) is 0.0714. The first-order chi connectivity index (χ1) is 10.9. The summed E-state index contributed by atoms with van der Waals surface area (Å²) in [5.74, 6) is -1.64. The average molecular weight is 359 g/mol. The second-order valence-electron chi connectivity index (χ2n) is 4.33. The minimum absolute atomic E-state index is 0.256. The fourth-order valence-electron chi connectivity index (χ4n) is 1.67. The van der Waals surface area contributed by atoms with E-state index in [1.165, 1.54) is 18.2 Å². The van der Waals surface area contributed by atoms with E-state index in [1.54, 1.807) is 0 Å². The van der Waals surface area contributed by atoms with Crippen molar-refractivity contribution in [3.05, 3.63) is 62.4 Å². The number of ether oxygens (including phenoxy) is 1. The van der Waals surface area contributed by atoms with E-state index < -0.39 is 28.9 Å². The van der Waals surface area contributed by atoms with Crippen molar-refractivity contribution in [2.45, 2.75) is 0 Å². The minimum atomic E-state index is -0.731. The Morgan fingerprint density at radius 3 is 2.61 bits per heavy atom. The lowest BCUT2D eigenvalue weighted by molar-refractivity contribution is -0.385. The molecular formula is C14H9Cl2FN2O4. The van der Waals surface area contributed by atoms with Gasteiger partial charge in [0, 0.05) is 17.8 Å². The summed E-state index contributed by atoms with van der Waals surface area (Å²) < 4.78 is 18.1. The molecule has 0 aromatic heterocycles. The molecule has 120 valence electrons. The van der Waals surface area contributed by atoms with E-state index in [4.69, 9.17) is 27.9 Å². The summed E-state index contributed by atoms with van der Waals surface area (Å²) in [5.41, 5.74) is -0.0597. The zero-order chi connectivity index (χ0) is 17.0. The lowest BCUT2D eigenvalue weighted by Gasteiger charge is -2.08. The van der Waals surface area contributed by atoms with E-state index in [-0.39, 0.29) is 10.8 Å². The van der Waals surface area contributed by atoms with Crippen LogP contribution in [0.3, 0.4) is 0 Å². The van der Waals surface area contributed by atoms with Gasteiger partial charge in [-0.1, -0.05) is 23.2 Å². The molecular weight excluding hydrogens is 350 g/mol. The number of nitrogens with one attached hydrogen (secondary N) is 1. The molecule has 0 bridgehead atoms. The van der Waals surface area contributed by atoms with Gasteiger partial charge in [-0.2, -0.15) is 0 Å². The van der Waals surface area contributed by atoms with Gasteiger partial charge in [0.25, 0.3) is 5.91 Å². The molecule has 2 aromatic rings. The Kier molecular flexibility index (Phi) is 5.36. The SMILES string of the molecule is O=C(COc1cc(F)ccc1[N+](=O)[O-])Nc1ccc(Cl)c(Cl)c1. The Balaban J connectivity index is 2.03. The number of rotatable bonds is 5. The van der Waals surface area contributed by atoms with Crippen LogP contribution in [0.15, 0.2) is 36.4 Å². The first-order valence-electron chi connectivity index (χ1n) is 6.18. The maximum atomic E-state index is 13.1. The first kappa shape index (κ1) is 17.0. The van der Waals surface area contributed by atoms with Crippen molar-refractivity contribution in [3.63, 3.8) is 0 Å². The number of nitro benzene ring substituents is 1. The zero-order valence-electron chi connectivity index (χ0n) is 11.4. The van der Waals surface area contributed by atoms with Crippen LogP contribution in [0, 0.1) is 15.9 Å². The Labute approximate surface area is 139 Å². The van der Waals surface area contributed by atoms with E-state index in [1.807, 2.05) is 0 Å². The van der Waals surface area contributed by atoms with Crippen molar-refractivity contribution in [1.29, 1.82) is 0 Å². The highest BCUT2D eigenvalue weighted by molar-refractivity contribution is 6.42. The second kappa shape index (κ2) is 7.26. The predicted octanol–water partition coefficient (Wildman–Crippen LogP) is 4.06. The van der Waals surface area contributed by atoms with Crippen molar-refractivity contribution in [1.82, 2.24) is 0 Å². The number of carbonyl (C=O) groups is 1. The quantitative estimate of drug-likeness (QED) is 0.645. The highest BCUT2D eigenvalue weighted by Gasteiger charge is 2.17. The Morgan fingerprint density at radius 2 is 1.96 bits per heavy atom. The Hall–Kier alpha value is -2.38. The normalized spacial score (nSPS) is 10.2. The molecule has 0 saturated heterocycles. The van der Waals surface area contributed by atoms with E-state index in [9.17, 15) is 19.3 Å². The van der Waals surface area contributed by atoms with Gasteiger partial charge in [0.15, 0.2) is 6.61 Å². The van der Waals surface area contributed by atoms with Crippen molar-refractivity contribution in [2.75, 3.05) is 11.9 Å². The maximum absolute atomic E-state index is 13.1. The van der Waals surface area contributed by atoms with Gasteiger partial charge in [-0.3, -0.25) is 14.9 Å². The number of benzene rings is 2. The summed E-state index contributed by atoms with van der Waals surface area (Å²) in [4.78, 5) is 21.9. The van der Waals surface area contributed by atoms with E-state index in [0.717, 1.165) is 18.2 Å². The molecule has 0 aliphatic heterocycles. The Bertz CT molecular complexity index is 770. The third-order valence-corrected chi connectivity index (χ3v) is 3.42. The van der Waals surface area contributed by atoms with Gasteiger partial charge in [0.1, 0.15) is 5.82 Å². The van der Waals surface area contributed by atoms with Gasteiger partial charge in [0.2, 0.25) is 5.75 Å². The third kappa shape index (κ3) is 4.54. The molecule has 1 N–H and O–H groups in total. The van der Waals surface area contributed by atoms with E-state index in [2.05, 4.69) is 5.32 Å². The summed E-state index contributed by atoms with van der Waals surface area (Å²) in [5, 5.41) is 13.9. The van der Waals surface area contributed by atoms with Crippen LogP contribution < -0.4 is 10.1 Å². The van der Waals surface area contributed by atoms with Gasteiger partial charge in [-0.25, -0.2) is 4.39 Å². The highest BCUT2D eigenvalue weighted by Crippen LogP contribution is 2.28. The van der Waals surface area contributed by atoms with E-state index >= 15 is 0 Å². The molecule has 6 nitrogen and oxygen atoms in total. The average Bonchev–Trinajstić information content (AvgIpc) is 2.48. The van der Waals surface area contributed by atoms with Crippen LogP contribution in [0.2, 0.25) is 10.0 Å². The number of hydrogen-bond donors (Lipinski definition) is 1. The number of nitrogens with zero attached hydrogens (tertiary/aromatic N) is 1. The summed E-state index contributed by atoms with van der Waals surface area (Å²) in [6.45, 7) is -0.537. The molecule has 1 amide bonds. The first-order valence-corrected chi connectivity index (χ1v) is 6.94. The standard InChI is InChI=1S/C14H9Cl2FN2O4/c15-10-3-2-9(6-11(10)16)18-14(20)7-23-13-5-8(17)1-4-12(13)19(21)22/h1-6H,7H2,(H,18,20). The molecule has 2 rings (SSSR count). The van der Waals surface area contributed by atoms with Gasteiger partial charge in [-0.05, 0) is 24.3 Å². The topological polar surface area (TPSA) is 81.5 Å². The summed E-state index contributed by atoms with van der Waals surface area (Å²) >= 11 is 11.6. The van der Waals surface area contributed by atoms with Crippen LogP contribution in [-0.4, -0.2) is 17.4 Å².